The van der Waals surface area contributed by atoms with Gasteiger partial charge in [0, 0.05) is 0 Å². The Hall–Kier alpha value is -1.03. The summed E-state index contributed by atoms with van der Waals surface area (Å²) in [6.45, 7) is 2.71. The first-order chi connectivity index (χ1) is 6.31. The number of ether oxygens (including phenoxy) is 1. The lowest BCUT2D eigenvalue weighted by atomic mass is 10.2. The minimum absolute atomic E-state index is 0.318. The van der Waals surface area contributed by atoms with Crippen LogP contribution in [0, 0.1) is 0 Å². The summed E-state index contributed by atoms with van der Waals surface area (Å²) in [6, 6.07) is 0.318. The zero-order valence-corrected chi connectivity index (χ0v) is 8.01. The summed E-state index contributed by atoms with van der Waals surface area (Å²) in [4.78, 5) is 7.88. The quantitative estimate of drug-likeness (QED) is 0.700. The van der Waals surface area contributed by atoms with Crippen molar-refractivity contribution in [2.75, 3.05) is 11.9 Å². The molecular weight excluding hydrogens is 190 g/mol. The second-order valence-corrected chi connectivity index (χ2v) is 3.26. The molecule has 5 heteroatoms. The van der Waals surface area contributed by atoms with Gasteiger partial charge in [-0.2, -0.15) is 0 Å². The predicted molar refractivity (Wildman–Crippen MR) is 50.2 cm³/mol. The van der Waals surface area contributed by atoms with Crippen molar-refractivity contribution in [1.29, 1.82) is 0 Å². The standard InChI is InChI=1S/C8H10ClN3O/c1-2-5-3-13-6-7(9)10-4-11-8(6)12-5/h4-5H,2-3H2,1H3,(H,10,11,12). The van der Waals surface area contributed by atoms with Crippen molar-refractivity contribution in [2.24, 2.45) is 0 Å². The van der Waals surface area contributed by atoms with E-state index in [9.17, 15) is 0 Å². The van der Waals surface area contributed by atoms with E-state index in [1.165, 1.54) is 6.33 Å². The molecule has 0 radical (unpaired) electrons. The van der Waals surface area contributed by atoms with Gasteiger partial charge in [0.1, 0.15) is 12.9 Å². The first-order valence-corrected chi connectivity index (χ1v) is 4.59. The highest BCUT2D eigenvalue weighted by atomic mass is 35.5. The van der Waals surface area contributed by atoms with E-state index in [1.54, 1.807) is 0 Å². The molecule has 13 heavy (non-hydrogen) atoms. The van der Waals surface area contributed by atoms with Crippen LogP contribution in [-0.2, 0) is 0 Å². The molecule has 0 saturated heterocycles. The lowest BCUT2D eigenvalue weighted by Crippen LogP contribution is -2.31. The molecule has 0 aliphatic carbocycles. The smallest absolute Gasteiger partial charge is 0.199 e. The molecule has 0 bridgehead atoms. The van der Waals surface area contributed by atoms with Crippen LogP contribution < -0.4 is 10.1 Å². The van der Waals surface area contributed by atoms with E-state index in [0.717, 1.165) is 6.42 Å². The van der Waals surface area contributed by atoms with Gasteiger partial charge in [-0.25, -0.2) is 9.97 Å². The second kappa shape index (κ2) is 3.38. The van der Waals surface area contributed by atoms with Crippen molar-refractivity contribution in [3.8, 4) is 5.75 Å². The highest BCUT2D eigenvalue weighted by Gasteiger charge is 2.20. The summed E-state index contributed by atoms with van der Waals surface area (Å²) in [6.07, 6.45) is 2.43. The number of hydrogen-bond donors (Lipinski definition) is 1. The van der Waals surface area contributed by atoms with Crippen molar-refractivity contribution >= 4 is 17.4 Å². The van der Waals surface area contributed by atoms with Gasteiger partial charge in [0.25, 0.3) is 0 Å². The molecule has 1 atom stereocenters. The SMILES string of the molecule is CCC1COc2c(Cl)ncnc2N1. The highest BCUT2D eigenvalue weighted by Crippen LogP contribution is 2.32. The number of fused-ring (bicyclic) bond motifs is 1. The molecular formula is C8H10ClN3O. The Kier molecular flexibility index (Phi) is 2.22. The Morgan fingerprint density at radius 2 is 2.54 bits per heavy atom. The molecule has 0 saturated carbocycles. The molecule has 1 aromatic rings. The van der Waals surface area contributed by atoms with Crippen LogP contribution in [0.5, 0.6) is 5.75 Å². The Labute approximate surface area is 81.3 Å². The maximum atomic E-state index is 5.82. The molecule has 0 fully saturated rings. The molecule has 1 aliphatic rings. The van der Waals surface area contributed by atoms with Gasteiger partial charge in [0.05, 0.1) is 6.04 Å². The molecule has 1 N–H and O–H groups in total. The molecule has 1 unspecified atom stereocenters. The van der Waals surface area contributed by atoms with Gasteiger partial charge in [-0.3, -0.25) is 0 Å². The minimum atomic E-state index is 0.318. The van der Waals surface area contributed by atoms with Gasteiger partial charge < -0.3 is 10.1 Å². The summed E-state index contributed by atoms with van der Waals surface area (Å²) >= 11 is 5.82. The summed E-state index contributed by atoms with van der Waals surface area (Å²) in [5, 5.41) is 3.59. The zero-order chi connectivity index (χ0) is 9.26. The van der Waals surface area contributed by atoms with E-state index in [2.05, 4.69) is 22.2 Å². The normalized spacial score (nSPS) is 20.0. The van der Waals surface area contributed by atoms with E-state index >= 15 is 0 Å². The van der Waals surface area contributed by atoms with Gasteiger partial charge in [-0.15, -0.1) is 0 Å². The molecule has 1 aliphatic heterocycles. The zero-order valence-electron chi connectivity index (χ0n) is 7.25. The molecule has 0 spiro atoms. The van der Waals surface area contributed by atoms with Crippen LogP contribution in [0.3, 0.4) is 0 Å². The largest absolute Gasteiger partial charge is 0.485 e. The van der Waals surface area contributed by atoms with Crippen molar-refractivity contribution in [1.82, 2.24) is 9.97 Å². The fourth-order valence-electron chi connectivity index (χ4n) is 1.22. The highest BCUT2D eigenvalue weighted by molar-refractivity contribution is 6.31. The van der Waals surface area contributed by atoms with Gasteiger partial charge in [0.2, 0.25) is 0 Å². The number of anilines is 1. The monoisotopic (exact) mass is 199 g/mol. The molecule has 2 rings (SSSR count). The second-order valence-electron chi connectivity index (χ2n) is 2.90. The molecule has 2 heterocycles. The lowest BCUT2D eigenvalue weighted by molar-refractivity contribution is 0.278. The van der Waals surface area contributed by atoms with Gasteiger partial charge in [-0.1, -0.05) is 18.5 Å². The van der Waals surface area contributed by atoms with Crippen LogP contribution in [0.2, 0.25) is 5.15 Å². The minimum Gasteiger partial charge on any atom is -0.485 e. The third kappa shape index (κ3) is 1.54. The molecule has 4 nitrogen and oxygen atoms in total. The Bertz CT molecular complexity index is 318. The van der Waals surface area contributed by atoms with Crippen LogP contribution in [0.15, 0.2) is 6.33 Å². The van der Waals surface area contributed by atoms with Crippen molar-refractivity contribution in [3.05, 3.63) is 11.5 Å². The number of hydrogen-bond acceptors (Lipinski definition) is 4. The van der Waals surface area contributed by atoms with Crippen LogP contribution in [-0.4, -0.2) is 22.6 Å². The molecule has 0 aromatic carbocycles. The fourth-order valence-corrected chi connectivity index (χ4v) is 1.41. The molecule has 0 amide bonds. The Balaban J connectivity index is 2.31. The van der Waals surface area contributed by atoms with E-state index in [4.69, 9.17) is 16.3 Å². The predicted octanol–water partition coefficient (Wildman–Crippen LogP) is 1.71. The van der Waals surface area contributed by atoms with E-state index < -0.39 is 0 Å². The first-order valence-electron chi connectivity index (χ1n) is 4.21. The van der Waals surface area contributed by atoms with Gasteiger partial charge >= 0.3 is 0 Å². The number of nitrogens with one attached hydrogen (secondary N) is 1. The Morgan fingerprint density at radius 3 is 3.31 bits per heavy atom. The van der Waals surface area contributed by atoms with Crippen LogP contribution >= 0.6 is 11.6 Å². The number of rotatable bonds is 1. The van der Waals surface area contributed by atoms with E-state index in [0.29, 0.717) is 29.4 Å². The number of aromatic nitrogens is 2. The maximum absolute atomic E-state index is 5.82. The number of halogens is 1. The average molecular weight is 200 g/mol. The maximum Gasteiger partial charge on any atom is 0.199 e. The van der Waals surface area contributed by atoms with Crippen LogP contribution in [0.1, 0.15) is 13.3 Å². The summed E-state index contributed by atoms with van der Waals surface area (Å²) in [7, 11) is 0. The van der Waals surface area contributed by atoms with Crippen molar-refractivity contribution < 1.29 is 4.74 Å². The number of nitrogens with zero attached hydrogens (tertiary/aromatic N) is 2. The first kappa shape index (κ1) is 8.56. The molecule has 1 aromatic heterocycles. The van der Waals surface area contributed by atoms with Crippen LogP contribution in [0.4, 0.5) is 5.82 Å². The third-order valence-corrected chi connectivity index (χ3v) is 2.29. The van der Waals surface area contributed by atoms with Crippen molar-refractivity contribution in [3.63, 3.8) is 0 Å². The van der Waals surface area contributed by atoms with Crippen LogP contribution in [0.25, 0.3) is 0 Å². The van der Waals surface area contributed by atoms with Crippen molar-refractivity contribution in [2.45, 2.75) is 19.4 Å². The topological polar surface area (TPSA) is 47.0 Å². The van der Waals surface area contributed by atoms with E-state index in [1.807, 2.05) is 0 Å². The molecule has 70 valence electrons. The average Bonchev–Trinajstić information content (AvgIpc) is 2.18. The third-order valence-electron chi connectivity index (χ3n) is 2.02. The Morgan fingerprint density at radius 1 is 1.69 bits per heavy atom. The summed E-state index contributed by atoms with van der Waals surface area (Å²) in [5.74, 6) is 1.26. The summed E-state index contributed by atoms with van der Waals surface area (Å²) in [5.41, 5.74) is 0. The lowest BCUT2D eigenvalue weighted by Gasteiger charge is -2.25. The fraction of sp³-hybridized carbons (Fsp3) is 0.500. The summed E-state index contributed by atoms with van der Waals surface area (Å²) < 4.78 is 5.44. The van der Waals surface area contributed by atoms with Gasteiger partial charge in [0.15, 0.2) is 16.7 Å². The van der Waals surface area contributed by atoms with Gasteiger partial charge in [-0.05, 0) is 6.42 Å². The van der Waals surface area contributed by atoms with E-state index in [-0.39, 0.29) is 0 Å².